The van der Waals surface area contributed by atoms with Crippen LogP contribution in [0, 0.1) is 16.2 Å². The molecule has 1 saturated heterocycles. The van der Waals surface area contributed by atoms with Gasteiger partial charge in [0, 0.05) is 39.3 Å². The van der Waals surface area contributed by atoms with E-state index in [0.717, 1.165) is 16.7 Å². The topological polar surface area (TPSA) is 353 Å². The number of esters is 4. The van der Waals surface area contributed by atoms with E-state index < -0.39 is 114 Å². The summed E-state index contributed by atoms with van der Waals surface area (Å²) in [6, 6.07) is 0. The molecule has 0 aromatic carbocycles. The van der Waals surface area contributed by atoms with E-state index in [0.29, 0.717) is 63.3 Å². The number of carbonyl (C=O) groups is 7. The van der Waals surface area contributed by atoms with Gasteiger partial charge in [-0.05, 0) is 159 Å². The quantitative estimate of drug-likeness (QED) is 0.0274. The van der Waals surface area contributed by atoms with Crippen LogP contribution in [0.1, 0.15) is 157 Å². The Balaban J connectivity index is 0.000000406. The van der Waals surface area contributed by atoms with Crippen LogP contribution in [-0.4, -0.2) is 178 Å². The summed E-state index contributed by atoms with van der Waals surface area (Å²) < 4.78 is 51.2. The zero-order valence-corrected chi connectivity index (χ0v) is 56.3. The molecule has 3 heterocycles. The Bertz CT molecular complexity index is 2820. The Hall–Kier alpha value is -6.06. The van der Waals surface area contributed by atoms with Gasteiger partial charge in [0.2, 0.25) is 17.8 Å². The molecule has 4 unspecified atom stereocenters. The number of cyclic esters (lactones) is 2. The third-order valence-electron chi connectivity index (χ3n) is 14.6. The molecule has 90 heavy (non-hydrogen) atoms. The van der Waals surface area contributed by atoms with E-state index in [2.05, 4.69) is 72.3 Å². The lowest BCUT2D eigenvalue weighted by Crippen LogP contribution is -2.42. The molecule has 25 heteroatoms. The third-order valence-corrected chi connectivity index (χ3v) is 14.8. The molecule has 0 aromatic rings. The average molecular weight is 1300 g/mol. The molecular weight excluding hydrogens is 1200 g/mol. The van der Waals surface area contributed by atoms with Crippen LogP contribution >= 0.6 is 11.6 Å². The van der Waals surface area contributed by atoms with Crippen molar-refractivity contribution in [3.63, 3.8) is 0 Å². The summed E-state index contributed by atoms with van der Waals surface area (Å²) in [6.45, 7) is 38.1. The Morgan fingerprint density at radius 3 is 1.50 bits per heavy atom. The fraction of sp³-hybridized carbons (Fsp3) is 0.646. The van der Waals surface area contributed by atoms with Gasteiger partial charge in [0.25, 0.3) is 17.8 Å². The lowest BCUT2D eigenvalue weighted by atomic mass is 9.70. The van der Waals surface area contributed by atoms with Crippen LogP contribution in [0.4, 0.5) is 0 Å². The highest BCUT2D eigenvalue weighted by Gasteiger charge is 2.48. The van der Waals surface area contributed by atoms with Gasteiger partial charge in [-0.1, -0.05) is 82.1 Å². The van der Waals surface area contributed by atoms with E-state index in [-0.39, 0.29) is 40.5 Å². The highest BCUT2D eigenvalue weighted by Crippen LogP contribution is 2.44. The standard InChI is InChI=1S/C21H28O8.C19H30O5.C13H20O2.C6H11ClO3.C6H8O6/c1-10(2)6-13-11(3)7-12(8-21(13,4)5)27-19(25)20-26-9-14(28-20)17-15(22)16(23)18(24)29-17;1-8-22-18(23-9-2)17(21)24-15-11-19(6,7)14(10-12(3)4)13(5)16(15)20;1-8(2)6-10-9(3)12(15)11(14)7-13(10,4)5;1-3-9-6(5(7)8)10-4-2;7-1-2(8)5-3(9)4(10)6(11)12-5/h6,12,14,17,20,22-23H,7-9H2,1-5H3;10,15,18H,8-9,11H2,1-7H3;6,11,14H,7H2,1-5H3;6H,3-4H2,1-2H3;2,5,7-10H,1H2/t12?,14-,17+,20?;;;;2-,5+/m0...0/s1. The van der Waals surface area contributed by atoms with Crippen molar-refractivity contribution in [2.75, 3.05) is 39.6 Å². The average Bonchev–Trinajstić information content (AvgIpc) is 1.15. The van der Waals surface area contributed by atoms with E-state index in [9.17, 15) is 48.9 Å². The molecule has 0 spiro atoms. The number of hydrogen-bond acceptors (Lipinski definition) is 24. The minimum Gasteiger partial charge on any atom is -0.505 e. The maximum absolute atomic E-state index is 12.6. The van der Waals surface area contributed by atoms with Gasteiger partial charge in [0.15, 0.2) is 41.4 Å². The Kier molecular flexibility index (Phi) is 31.7. The van der Waals surface area contributed by atoms with Crippen molar-refractivity contribution >= 4 is 52.3 Å². The zero-order valence-electron chi connectivity index (χ0n) is 55.5. The number of Topliss-reactive ketones (excluding diaryl/α,β-unsaturated/α-hetero) is 2. The van der Waals surface area contributed by atoms with Gasteiger partial charge in [-0.2, -0.15) is 0 Å². The second kappa shape index (κ2) is 35.7. The molecule has 0 saturated carbocycles. The zero-order chi connectivity index (χ0) is 69.1. The highest BCUT2D eigenvalue weighted by molar-refractivity contribution is 6.64. The number of allylic oxidation sites excluding steroid dienone is 9. The van der Waals surface area contributed by atoms with Gasteiger partial charge in [-0.3, -0.25) is 14.4 Å². The van der Waals surface area contributed by atoms with Crippen LogP contribution < -0.4 is 0 Å². The lowest BCUT2D eigenvalue weighted by Gasteiger charge is -2.37. The predicted molar refractivity (Wildman–Crippen MR) is 329 cm³/mol. The molecule has 6 aliphatic rings. The molecule has 3 aliphatic carbocycles. The number of aliphatic hydroxyl groups excluding tert-OH is 7. The first-order valence-electron chi connectivity index (χ1n) is 29.8. The maximum atomic E-state index is 12.6. The van der Waals surface area contributed by atoms with Crippen molar-refractivity contribution in [1.29, 1.82) is 0 Å². The van der Waals surface area contributed by atoms with E-state index in [4.69, 9.17) is 74.7 Å². The van der Waals surface area contributed by atoms with Gasteiger partial charge < -0.3 is 83.1 Å². The highest BCUT2D eigenvalue weighted by atomic mass is 35.5. The molecule has 24 nitrogen and oxygen atoms in total. The number of hydrogen-bond donors (Lipinski definition) is 7. The predicted octanol–water partition coefficient (Wildman–Crippen LogP) is 8.95. The largest absolute Gasteiger partial charge is 0.505 e. The number of ketones is 2. The third kappa shape index (κ3) is 22.7. The molecular formula is C65H97ClO24. The molecule has 0 amide bonds. The summed E-state index contributed by atoms with van der Waals surface area (Å²) in [5, 5.41) is 63.2. The number of ether oxygens (including phenoxy) is 10. The normalized spacial score (nSPS) is 24.5. The van der Waals surface area contributed by atoms with Crippen LogP contribution in [0.25, 0.3) is 0 Å². The molecule has 7 N–H and O–H groups in total. The smallest absolute Gasteiger partial charge is 0.377 e. The first-order valence-corrected chi connectivity index (χ1v) is 30.2. The van der Waals surface area contributed by atoms with Crippen LogP contribution in [0.15, 0.2) is 91.4 Å². The summed E-state index contributed by atoms with van der Waals surface area (Å²) in [5.41, 5.74) is 8.89. The second-order valence-electron chi connectivity index (χ2n) is 24.6. The number of carbonyl (C=O) groups excluding carboxylic acids is 7. The first-order chi connectivity index (χ1) is 41.7. The second-order valence-corrected chi connectivity index (χ2v) is 25.0. The fourth-order valence-corrected chi connectivity index (χ4v) is 10.6. The molecule has 0 bridgehead atoms. The van der Waals surface area contributed by atoms with E-state index in [1.54, 1.807) is 41.5 Å². The van der Waals surface area contributed by atoms with E-state index >= 15 is 0 Å². The van der Waals surface area contributed by atoms with E-state index in [1.807, 2.05) is 40.7 Å². The molecule has 8 atom stereocenters. The van der Waals surface area contributed by atoms with Crippen molar-refractivity contribution in [3.8, 4) is 0 Å². The molecule has 3 aliphatic heterocycles. The first kappa shape index (κ1) is 80.0. The van der Waals surface area contributed by atoms with Crippen molar-refractivity contribution in [1.82, 2.24) is 0 Å². The monoisotopic (exact) mass is 1300 g/mol. The summed E-state index contributed by atoms with van der Waals surface area (Å²) in [4.78, 5) is 81.4. The van der Waals surface area contributed by atoms with Crippen LogP contribution in [0.5, 0.6) is 0 Å². The number of halogens is 1. The Morgan fingerprint density at radius 2 is 1.08 bits per heavy atom. The molecule has 6 rings (SSSR count). The Labute approximate surface area is 533 Å². The summed E-state index contributed by atoms with van der Waals surface area (Å²) in [6.07, 6.45) is -1.54. The minimum atomic E-state index is -1.42. The van der Waals surface area contributed by atoms with Crippen molar-refractivity contribution < 1.29 is 117 Å². The van der Waals surface area contributed by atoms with Gasteiger partial charge in [-0.25, -0.2) is 19.2 Å². The summed E-state index contributed by atoms with van der Waals surface area (Å²) in [5.74, 6) is -6.89. The maximum Gasteiger partial charge on any atom is 0.377 e. The van der Waals surface area contributed by atoms with Gasteiger partial charge in [-0.15, -0.1) is 0 Å². The van der Waals surface area contributed by atoms with Crippen LogP contribution in [0.2, 0.25) is 0 Å². The van der Waals surface area contributed by atoms with Crippen molar-refractivity contribution in [3.05, 3.63) is 91.4 Å². The van der Waals surface area contributed by atoms with Crippen molar-refractivity contribution in [2.45, 2.75) is 219 Å². The Morgan fingerprint density at radius 1 is 0.633 bits per heavy atom. The molecule has 0 radical (unpaired) electrons. The summed E-state index contributed by atoms with van der Waals surface area (Å²) >= 11 is 5.11. The van der Waals surface area contributed by atoms with Crippen LogP contribution in [0.3, 0.4) is 0 Å². The minimum absolute atomic E-state index is 0.0884. The van der Waals surface area contributed by atoms with Crippen molar-refractivity contribution in [2.24, 2.45) is 16.2 Å². The van der Waals surface area contributed by atoms with Gasteiger partial charge >= 0.3 is 23.9 Å². The van der Waals surface area contributed by atoms with E-state index in [1.165, 1.54) is 22.3 Å². The molecule has 1 fully saturated rings. The van der Waals surface area contributed by atoms with Crippen LogP contribution in [-0.2, 0) is 80.9 Å². The van der Waals surface area contributed by atoms with Gasteiger partial charge in [0.05, 0.1) is 13.2 Å². The number of aliphatic hydroxyl groups is 7. The summed E-state index contributed by atoms with van der Waals surface area (Å²) in [7, 11) is 0. The fourth-order valence-electron chi connectivity index (χ4n) is 10.5. The SMILES string of the molecule is CC(C)=CC1=C(C)C(=O)C(O)CC1(C)C.CC(C)=CC1=C(C)CC(OC(=O)C2OC[C@@H]([C@H]3OC(=O)C(O)=C3O)O2)CC1(C)C.CCOC(OCC)C(=O)Cl.CCOC(OCC)C(=O)OC1CC(C)(C)C(C=C(C)C)=C(C)C1=O.O=C1O[C@H]([C@@H](O)CO)C(O)=C1O. The molecule has 0 aromatic heterocycles. The number of rotatable bonds is 19. The lowest BCUT2D eigenvalue weighted by molar-refractivity contribution is -0.199. The molecule has 508 valence electrons. The van der Waals surface area contributed by atoms with Gasteiger partial charge in [0.1, 0.15) is 24.4 Å².